The quantitative estimate of drug-likeness (QED) is 0.671. The number of nitrogen functional groups attached to an aromatic ring is 1. The van der Waals surface area contributed by atoms with Crippen molar-refractivity contribution in [1.29, 1.82) is 0 Å². The Morgan fingerprint density at radius 2 is 1.94 bits per heavy atom. The van der Waals surface area contributed by atoms with E-state index < -0.39 is 5.91 Å². The van der Waals surface area contributed by atoms with Gasteiger partial charge in [-0.25, -0.2) is 4.68 Å². The SMILES string of the molecule is CCN(CC)C(=O)Cn1nnc(C(N)=O)c1N. The molecule has 8 nitrogen and oxygen atoms in total. The van der Waals surface area contributed by atoms with E-state index in [1.165, 1.54) is 4.68 Å². The van der Waals surface area contributed by atoms with Crippen molar-refractivity contribution in [2.24, 2.45) is 5.73 Å². The van der Waals surface area contributed by atoms with Gasteiger partial charge in [0, 0.05) is 13.1 Å². The summed E-state index contributed by atoms with van der Waals surface area (Å²) in [7, 11) is 0. The summed E-state index contributed by atoms with van der Waals surface area (Å²) in [5.74, 6) is -0.885. The standard InChI is InChI=1S/C9H16N6O2/c1-3-14(4-2)6(16)5-15-8(10)7(9(11)17)12-13-15/h3-5,10H2,1-2H3,(H2,11,17). The topological polar surface area (TPSA) is 120 Å². The number of nitrogens with two attached hydrogens (primary N) is 2. The van der Waals surface area contributed by atoms with Crippen LogP contribution in [-0.4, -0.2) is 44.8 Å². The van der Waals surface area contributed by atoms with Crippen LogP contribution in [0.15, 0.2) is 0 Å². The highest BCUT2D eigenvalue weighted by atomic mass is 16.2. The first-order chi connectivity index (χ1) is 8.01. The van der Waals surface area contributed by atoms with Gasteiger partial charge in [-0.1, -0.05) is 5.21 Å². The van der Waals surface area contributed by atoms with Gasteiger partial charge in [0.2, 0.25) is 5.91 Å². The van der Waals surface area contributed by atoms with Gasteiger partial charge in [0.1, 0.15) is 6.54 Å². The average Bonchev–Trinajstić information content (AvgIpc) is 2.62. The van der Waals surface area contributed by atoms with E-state index >= 15 is 0 Å². The van der Waals surface area contributed by atoms with Crippen molar-refractivity contribution in [3.8, 4) is 0 Å². The Morgan fingerprint density at radius 3 is 2.35 bits per heavy atom. The molecular formula is C9H16N6O2. The van der Waals surface area contributed by atoms with Crippen molar-refractivity contribution in [2.45, 2.75) is 20.4 Å². The molecule has 1 aromatic rings. The lowest BCUT2D eigenvalue weighted by atomic mass is 10.4. The molecule has 0 radical (unpaired) electrons. The van der Waals surface area contributed by atoms with Gasteiger partial charge in [0.15, 0.2) is 11.5 Å². The van der Waals surface area contributed by atoms with Crippen LogP contribution >= 0.6 is 0 Å². The number of hydrogen-bond acceptors (Lipinski definition) is 5. The number of likely N-dealkylation sites (N-methyl/N-ethyl adjacent to an activating group) is 1. The summed E-state index contributed by atoms with van der Waals surface area (Å²) in [6.45, 7) is 4.91. The highest BCUT2D eigenvalue weighted by Gasteiger charge is 2.18. The molecule has 8 heteroatoms. The lowest BCUT2D eigenvalue weighted by Crippen LogP contribution is -2.34. The minimum Gasteiger partial charge on any atom is -0.382 e. The number of carbonyl (C=O) groups is 2. The van der Waals surface area contributed by atoms with Crippen molar-refractivity contribution in [3.05, 3.63) is 5.69 Å². The van der Waals surface area contributed by atoms with Gasteiger partial charge in [-0.05, 0) is 13.8 Å². The van der Waals surface area contributed by atoms with Crippen molar-refractivity contribution < 1.29 is 9.59 Å². The Hall–Kier alpha value is -2.12. The molecule has 0 saturated carbocycles. The lowest BCUT2D eigenvalue weighted by Gasteiger charge is -2.18. The fourth-order valence-corrected chi connectivity index (χ4v) is 1.42. The Balaban J connectivity index is 2.82. The van der Waals surface area contributed by atoms with Crippen LogP contribution in [0.2, 0.25) is 0 Å². The zero-order valence-electron chi connectivity index (χ0n) is 9.88. The van der Waals surface area contributed by atoms with E-state index in [-0.39, 0.29) is 24.0 Å². The van der Waals surface area contributed by atoms with Crippen LogP contribution in [-0.2, 0) is 11.3 Å². The molecule has 4 N–H and O–H groups in total. The van der Waals surface area contributed by atoms with Crippen molar-refractivity contribution in [2.75, 3.05) is 18.8 Å². The molecule has 0 atom stereocenters. The summed E-state index contributed by atoms with van der Waals surface area (Å²) < 4.78 is 1.17. The molecule has 0 bridgehead atoms. The predicted molar refractivity (Wildman–Crippen MR) is 60.9 cm³/mol. The fourth-order valence-electron chi connectivity index (χ4n) is 1.42. The molecule has 0 saturated heterocycles. The normalized spacial score (nSPS) is 10.2. The highest BCUT2D eigenvalue weighted by Crippen LogP contribution is 2.07. The summed E-state index contributed by atoms with van der Waals surface area (Å²) in [6, 6.07) is 0. The number of nitrogens with zero attached hydrogens (tertiary/aromatic N) is 4. The van der Waals surface area contributed by atoms with Crippen LogP contribution in [0, 0.1) is 0 Å². The van der Waals surface area contributed by atoms with E-state index in [4.69, 9.17) is 11.5 Å². The number of hydrogen-bond donors (Lipinski definition) is 2. The summed E-state index contributed by atoms with van der Waals surface area (Å²) in [4.78, 5) is 24.3. The molecule has 94 valence electrons. The number of aromatic nitrogens is 3. The molecule has 0 aromatic carbocycles. The third kappa shape index (κ3) is 2.71. The average molecular weight is 240 g/mol. The van der Waals surface area contributed by atoms with Crippen molar-refractivity contribution in [1.82, 2.24) is 19.9 Å². The second-order valence-corrected chi connectivity index (χ2v) is 3.41. The van der Waals surface area contributed by atoms with Crippen molar-refractivity contribution >= 4 is 17.6 Å². The van der Waals surface area contributed by atoms with Gasteiger partial charge < -0.3 is 16.4 Å². The Kier molecular flexibility index (Phi) is 4.02. The molecule has 0 aliphatic carbocycles. The third-order valence-corrected chi connectivity index (χ3v) is 2.41. The zero-order valence-corrected chi connectivity index (χ0v) is 9.88. The number of carbonyl (C=O) groups excluding carboxylic acids is 2. The molecular weight excluding hydrogens is 224 g/mol. The zero-order chi connectivity index (χ0) is 13.0. The Morgan fingerprint density at radius 1 is 1.35 bits per heavy atom. The van der Waals surface area contributed by atoms with Gasteiger partial charge in [0.25, 0.3) is 5.91 Å². The molecule has 0 aliphatic rings. The van der Waals surface area contributed by atoms with E-state index in [2.05, 4.69) is 10.3 Å². The van der Waals surface area contributed by atoms with Crippen LogP contribution < -0.4 is 11.5 Å². The minimum absolute atomic E-state index is 0.0120. The molecule has 17 heavy (non-hydrogen) atoms. The Bertz CT molecular complexity index is 423. The Labute approximate surface area is 98.5 Å². The molecule has 1 heterocycles. The summed E-state index contributed by atoms with van der Waals surface area (Å²) in [5, 5.41) is 7.14. The highest BCUT2D eigenvalue weighted by molar-refractivity contribution is 5.95. The monoisotopic (exact) mass is 240 g/mol. The fraction of sp³-hybridized carbons (Fsp3) is 0.556. The first-order valence-corrected chi connectivity index (χ1v) is 5.27. The van der Waals surface area contributed by atoms with Crippen LogP contribution in [0.25, 0.3) is 0 Å². The van der Waals surface area contributed by atoms with E-state index in [0.29, 0.717) is 13.1 Å². The van der Waals surface area contributed by atoms with E-state index in [1.807, 2.05) is 13.8 Å². The summed E-state index contributed by atoms with van der Waals surface area (Å²) in [6.07, 6.45) is 0. The molecule has 0 unspecified atom stereocenters. The maximum atomic E-state index is 11.8. The third-order valence-electron chi connectivity index (χ3n) is 2.41. The van der Waals surface area contributed by atoms with Gasteiger partial charge in [-0.15, -0.1) is 5.10 Å². The minimum atomic E-state index is -0.760. The van der Waals surface area contributed by atoms with E-state index in [0.717, 1.165) is 0 Å². The van der Waals surface area contributed by atoms with Gasteiger partial charge in [-0.3, -0.25) is 9.59 Å². The van der Waals surface area contributed by atoms with Crippen LogP contribution in [0.3, 0.4) is 0 Å². The maximum absolute atomic E-state index is 11.8. The van der Waals surface area contributed by atoms with Crippen LogP contribution in [0.4, 0.5) is 5.82 Å². The molecule has 0 aliphatic heterocycles. The van der Waals surface area contributed by atoms with Gasteiger partial charge in [-0.2, -0.15) is 0 Å². The van der Waals surface area contributed by atoms with Gasteiger partial charge in [0.05, 0.1) is 0 Å². The molecule has 0 fully saturated rings. The maximum Gasteiger partial charge on any atom is 0.273 e. The second kappa shape index (κ2) is 5.28. The van der Waals surface area contributed by atoms with Crippen molar-refractivity contribution in [3.63, 3.8) is 0 Å². The predicted octanol–water partition coefficient (Wildman–Crippen LogP) is -1.17. The van der Waals surface area contributed by atoms with Gasteiger partial charge >= 0.3 is 0 Å². The largest absolute Gasteiger partial charge is 0.382 e. The second-order valence-electron chi connectivity index (χ2n) is 3.41. The smallest absolute Gasteiger partial charge is 0.273 e. The number of primary amides is 1. The van der Waals surface area contributed by atoms with E-state index in [1.54, 1.807) is 4.90 Å². The van der Waals surface area contributed by atoms with Crippen LogP contribution in [0.5, 0.6) is 0 Å². The number of rotatable bonds is 5. The first-order valence-electron chi connectivity index (χ1n) is 5.27. The summed E-state index contributed by atoms with van der Waals surface area (Å²) >= 11 is 0. The number of anilines is 1. The molecule has 1 rings (SSSR count). The van der Waals surface area contributed by atoms with E-state index in [9.17, 15) is 9.59 Å². The lowest BCUT2D eigenvalue weighted by molar-refractivity contribution is -0.131. The molecule has 1 aromatic heterocycles. The number of amides is 2. The molecule has 0 spiro atoms. The van der Waals surface area contributed by atoms with Crippen LogP contribution in [0.1, 0.15) is 24.3 Å². The first kappa shape index (κ1) is 12.9. The summed E-state index contributed by atoms with van der Waals surface area (Å²) in [5.41, 5.74) is 10.5. The molecule has 2 amide bonds.